The Morgan fingerprint density at radius 3 is 2.78 bits per heavy atom. The number of hydrogen-bond donors (Lipinski definition) is 2. The number of aromatic nitrogens is 2. The predicted molar refractivity (Wildman–Crippen MR) is 67.8 cm³/mol. The fourth-order valence-corrected chi connectivity index (χ4v) is 1.43. The maximum absolute atomic E-state index is 10.7. The lowest BCUT2D eigenvalue weighted by molar-refractivity contribution is -0.137. The minimum atomic E-state index is -0.873. The van der Waals surface area contributed by atoms with Gasteiger partial charge in [0.15, 0.2) is 0 Å². The summed E-state index contributed by atoms with van der Waals surface area (Å²) in [6.45, 7) is 7.37. The van der Waals surface area contributed by atoms with Gasteiger partial charge in [0, 0.05) is 17.8 Å². The van der Waals surface area contributed by atoms with Crippen molar-refractivity contribution < 1.29 is 14.6 Å². The zero-order chi connectivity index (χ0) is 13.8. The Bertz CT molecular complexity index is 419. The first-order valence-corrected chi connectivity index (χ1v) is 5.78. The van der Waals surface area contributed by atoms with Crippen LogP contribution in [0, 0.1) is 0 Å². The molecule has 2 N–H and O–H groups in total. The van der Waals surface area contributed by atoms with Crippen LogP contribution in [0.5, 0.6) is 5.88 Å². The van der Waals surface area contributed by atoms with Crippen molar-refractivity contribution in [2.24, 2.45) is 0 Å². The Kier molecular flexibility index (Phi) is 4.47. The van der Waals surface area contributed by atoms with Gasteiger partial charge in [-0.25, -0.2) is 4.98 Å². The molecular formula is C12H19N3O3. The summed E-state index contributed by atoms with van der Waals surface area (Å²) in [5.74, 6) is -0.0462. The summed E-state index contributed by atoms with van der Waals surface area (Å²) in [6, 6.07) is 1.66. The largest absolute Gasteiger partial charge is 0.481 e. The first-order chi connectivity index (χ1) is 8.28. The summed E-state index contributed by atoms with van der Waals surface area (Å²) in [5, 5.41) is 11.8. The van der Waals surface area contributed by atoms with E-state index >= 15 is 0 Å². The van der Waals surface area contributed by atoms with Crippen molar-refractivity contribution in [3.8, 4) is 5.88 Å². The molecule has 0 fully saturated rings. The van der Waals surface area contributed by atoms with Gasteiger partial charge in [-0.1, -0.05) is 0 Å². The Balaban J connectivity index is 2.75. The summed E-state index contributed by atoms with van der Waals surface area (Å²) in [4.78, 5) is 18.9. The summed E-state index contributed by atoms with van der Waals surface area (Å²) >= 11 is 0. The van der Waals surface area contributed by atoms with Crippen molar-refractivity contribution in [2.45, 2.75) is 45.8 Å². The molecule has 0 atom stereocenters. The highest BCUT2D eigenvalue weighted by molar-refractivity contribution is 5.69. The van der Waals surface area contributed by atoms with Gasteiger partial charge in [0.25, 0.3) is 0 Å². The van der Waals surface area contributed by atoms with Crippen LogP contribution in [-0.2, 0) is 4.79 Å². The van der Waals surface area contributed by atoms with Crippen molar-refractivity contribution in [1.29, 1.82) is 0 Å². The van der Waals surface area contributed by atoms with Crippen LogP contribution < -0.4 is 10.1 Å². The highest BCUT2D eigenvalue weighted by atomic mass is 16.5. The van der Waals surface area contributed by atoms with Gasteiger partial charge in [-0.2, -0.15) is 4.98 Å². The second kappa shape index (κ2) is 5.66. The zero-order valence-electron chi connectivity index (χ0n) is 11.1. The smallest absolute Gasteiger partial charge is 0.305 e. The third-order valence-electron chi connectivity index (χ3n) is 2.03. The van der Waals surface area contributed by atoms with Crippen molar-refractivity contribution >= 4 is 11.9 Å². The number of ether oxygens (including phenoxy) is 1. The number of rotatable bonds is 6. The molecule has 1 heterocycles. The van der Waals surface area contributed by atoms with Gasteiger partial charge >= 0.3 is 5.97 Å². The molecule has 0 aliphatic heterocycles. The number of hydrogen-bond acceptors (Lipinski definition) is 5. The van der Waals surface area contributed by atoms with E-state index in [9.17, 15) is 4.79 Å². The van der Waals surface area contributed by atoms with E-state index in [2.05, 4.69) is 15.3 Å². The van der Waals surface area contributed by atoms with Crippen LogP contribution >= 0.6 is 0 Å². The Labute approximate surface area is 106 Å². The zero-order valence-corrected chi connectivity index (χ0v) is 11.1. The van der Waals surface area contributed by atoms with E-state index in [1.54, 1.807) is 26.1 Å². The lowest BCUT2D eigenvalue weighted by Crippen LogP contribution is -2.34. The van der Waals surface area contributed by atoms with Crippen molar-refractivity contribution in [3.05, 3.63) is 12.3 Å². The van der Waals surface area contributed by atoms with Gasteiger partial charge in [0.1, 0.15) is 0 Å². The minimum Gasteiger partial charge on any atom is -0.481 e. The average Bonchev–Trinajstić information content (AvgIpc) is 2.13. The Morgan fingerprint density at radius 2 is 2.22 bits per heavy atom. The van der Waals surface area contributed by atoms with Crippen LogP contribution in [-0.4, -0.2) is 32.7 Å². The molecule has 0 saturated heterocycles. The van der Waals surface area contributed by atoms with Crippen LogP contribution in [0.2, 0.25) is 0 Å². The third-order valence-corrected chi connectivity index (χ3v) is 2.03. The van der Waals surface area contributed by atoms with E-state index in [1.807, 2.05) is 13.8 Å². The summed E-state index contributed by atoms with van der Waals surface area (Å²) in [6.07, 6.45) is 1.58. The minimum absolute atomic E-state index is 0.0222. The van der Waals surface area contributed by atoms with E-state index in [0.29, 0.717) is 11.8 Å². The molecule has 0 unspecified atom stereocenters. The number of nitrogens with zero attached hydrogens (tertiary/aromatic N) is 2. The summed E-state index contributed by atoms with van der Waals surface area (Å²) in [5.41, 5.74) is -0.623. The van der Waals surface area contributed by atoms with Crippen LogP contribution in [0.1, 0.15) is 34.1 Å². The fraction of sp³-hybridized carbons (Fsp3) is 0.583. The van der Waals surface area contributed by atoms with Gasteiger partial charge in [0.2, 0.25) is 11.8 Å². The molecule has 0 saturated carbocycles. The summed E-state index contributed by atoms with van der Waals surface area (Å²) in [7, 11) is 0. The van der Waals surface area contributed by atoms with Crippen molar-refractivity contribution in [1.82, 2.24) is 9.97 Å². The molecule has 0 bridgehead atoms. The fourth-order valence-electron chi connectivity index (χ4n) is 1.43. The van der Waals surface area contributed by atoms with E-state index in [1.165, 1.54) is 0 Å². The molecule has 6 nitrogen and oxygen atoms in total. The van der Waals surface area contributed by atoms with Gasteiger partial charge in [-0.3, -0.25) is 4.79 Å². The van der Waals surface area contributed by atoms with Gasteiger partial charge < -0.3 is 15.2 Å². The number of nitrogens with one attached hydrogen (secondary N) is 1. The van der Waals surface area contributed by atoms with Gasteiger partial charge in [-0.15, -0.1) is 0 Å². The summed E-state index contributed by atoms with van der Waals surface area (Å²) < 4.78 is 5.44. The number of carbonyl (C=O) groups is 1. The number of anilines is 1. The lowest BCUT2D eigenvalue weighted by Gasteiger charge is -2.24. The molecule has 1 rings (SSSR count). The Hall–Kier alpha value is -1.85. The van der Waals surface area contributed by atoms with Crippen LogP contribution in [0.3, 0.4) is 0 Å². The molecule has 0 aliphatic carbocycles. The second-order valence-corrected chi connectivity index (χ2v) is 4.96. The molecule has 6 heteroatoms. The maximum atomic E-state index is 10.7. The molecule has 1 aromatic heterocycles. The topological polar surface area (TPSA) is 84.3 Å². The first kappa shape index (κ1) is 14.2. The molecule has 0 aliphatic rings. The quantitative estimate of drug-likeness (QED) is 0.805. The average molecular weight is 253 g/mol. The van der Waals surface area contributed by atoms with E-state index in [-0.39, 0.29) is 12.5 Å². The van der Waals surface area contributed by atoms with Gasteiger partial charge in [0.05, 0.1) is 12.5 Å². The predicted octanol–water partition coefficient (Wildman–Crippen LogP) is 1.93. The maximum Gasteiger partial charge on any atom is 0.305 e. The molecule has 18 heavy (non-hydrogen) atoms. The molecule has 0 aromatic carbocycles. The monoisotopic (exact) mass is 253 g/mol. The van der Waals surface area contributed by atoms with Crippen molar-refractivity contribution in [3.63, 3.8) is 0 Å². The molecule has 1 aromatic rings. The van der Waals surface area contributed by atoms with E-state index in [4.69, 9.17) is 9.84 Å². The SMILES string of the molecule is CC(C)Oc1ccnc(NC(C)(C)CC(=O)O)n1. The molecule has 100 valence electrons. The molecule has 0 radical (unpaired) electrons. The van der Waals surface area contributed by atoms with Crippen molar-refractivity contribution in [2.75, 3.05) is 5.32 Å². The highest BCUT2D eigenvalue weighted by Crippen LogP contribution is 2.17. The number of carboxylic acid groups (broad SMARTS) is 1. The number of carboxylic acids is 1. The molecule has 0 amide bonds. The Morgan fingerprint density at radius 1 is 1.56 bits per heavy atom. The van der Waals surface area contributed by atoms with E-state index in [0.717, 1.165) is 0 Å². The normalized spacial score (nSPS) is 11.4. The lowest BCUT2D eigenvalue weighted by atomic mass is 10.0. The van der Waals surface area contributed by atoms with E-state index < -0.39 is 11.5 Å². The van der Waals surface area contributed by atoms with Crippen LogP contribution in [0.15, 0.2) is 12.3 Å². The molecule has 0 spiro atoms. The second-order valence-electron chi connectivity index (χ2n) is 4.96. The number of aliphatic carboxylic acids is 1. The highest BCUT2D eigenvalue weighted by Gasteiger charge is 2.22. The van der Waals surface area contributed by atoms with Crippen LogP contribution in [0.25, 0.3) is 0 Å². The first-order valence-electron chi connectivity index (χ1n) is 5.78. The third kappa shape index (κ3) is 4.99. The standard InChI is InChI=1S/C12H19N3O3/c1-8(2)18-9-5-6-13-11(14-9)15-12(3,4)7-10(16)17/h5-6,8H,7H2,1-4H3,(H,16,17)(H,13,14,15). The van der Waals surface area contributed by atoms with Gasteiger partial charge in [-0.05, 0) is 27.7 Å². The van der Waals surface area contributed by atoms with Crippen LogP contribution in [0.4, 0.5) is 5.95 Å². The molecular weight excluding hydrogens is 234 g/mol.